The predicted molar refractivity (Wildman–Crippen MR) is 105 cm³/mol. The highest BCUT2D eigenvalue weighted by molar-refractivity contribution is 7.07. The number of benzene rings is 3. The van der Waals surface area contributed by atoms with Crippen molar-refractivity contribution in [3.63, 3.8) is 0 Å². The van der Waals surface area contributed by atoms with Crippen LogP contribution in [0.2, 0.25) is 0 Å². The largest absolute Gasteiger partial charge is 0.460 e. The molecule has 0 bridgehead atoms. The minimum Gasteiger partial charge on any atom is -0.460 e. The monoisotopic (exact) mass is 363 g/mol. The van der Waals surface area contributed by atoms with Gasteiger partial charge in [-0.3, -0.25) is 9.36 Å². The van der Waals surface area contributed by atoms with Crippen molar-refractivity contribution in [2.45, 2.75) is 13.5 Å². The molecule has 130 valence electrons. The van der Waals surface area contributed by atoms with Crippen molar-refractivity contribution in [3.8, 4) is 0 Å². The van der Waals surface area contributed by atoms with E-state index in [1.807, 2.05) is 60.8 Å². The molecule has 5 heteroatoms. The molecule has 4 nitrogen and oxygen atoms in total. The lowest BCUT2D eigenvalue weighted by Gasteiger charge is -2.12. The Bertz CT molecular complexity index is 1120. The lowest BCUT2D eigenvalue weighted by molar-refractivity contribution is 0.0494. The highest BCUT2D eigenvalue weighted by atomic mass is 32.1. The molecule has 26 heavy (non-hydrogen) atoms. The summed E-state index contributed by atoms with van der Waals surface area (Å²) in [4.78, 5) is 24.6. The van der Waals surface area contributed by atoms with Crippen LogP contribution in [0.25, 0.3) is 21.5 Å². The Kier molecular flexibility index (Phi) is 4.31. The van der Waals surface area contributed by atoms with Crippen LogP contribution < -0.4 is 4.87 Å². The molecule has 0 saturated heterocycles. The van der Waals surface area contributed by atoms with Crippen molar-refractivity contribution in [1.29, 1.82) is 0 Å². The highest BCUT2D eigenvalue weighted by Gasteiger charge is 2.16. The molecule has 4 aromatic rings. The first-order valence-electron chi connectivity index (χ1n) is 8.38. The molecule has 0 fully saturated rings. The van der Waals surface area contributed by atoms with Crippen LogP contribution in [0.4, 0.5) is 0 Å². The third-order valence-corrected chi connectivity index (χ3v) is 5.38. The van der Waals surface area contributed by atoms with Gasteiger partial charge in [0, 0.05) is 11.1 Å². The molecule has 0 atom stereocenters. The number of hydrogen-bond acceptors (Lipinski definition) is 4. The molecule has 0 amide bonds. The van der Waals surface area contributed by atoms with Gasteiger partial charge in [0.1, 0.15) is 6.61 Å². The summed E-state index contributed by atoms with van der Waals surface area (Å²) in [7, 11) is 0. The maximum Gasteiger partial charge on any atom is 0.339 e. The Labute approximate surface area is 154 Å². The van der Waals surface area contributed by atoms with E-state index in [0.717, 1.165) is 38.6 Å². The molecular weight excluding hydrogens is 346 g/mol. The summed E-state index contributed by atoms with van der Waals surface area (Å²) in [6, 6.07) is 17.7. The number of rotatable bonds is 4. The maximum absolute atomic E-state index is 12.9. The van der Waals surface area contributed by atoms with Gasteiger partial charge in [-0.05, 0) is 34.5 Å². The summed E-state index contributed by atoms with van der Waals surface area (Å²) in [5, 5.41) is 5.56. The highest BCUT2D eigenvalue weighted by Crippen LogP contribution is 2.29. The molecule has 4 rings (SSSR count). The standard InChI is InChI=1S/C21H17NO3S/c1-14-13-26-21(24)22(14)10-11-25-20(23)19-17-8-4-2-6-15(17)12-16-7-3-5-9-18(16)19/h2-9,12-13H,10-11H2,1H3. The summed E-state index contributed by atoms with van der Waals surface area (Å²) in [6.07, 6.45) is 0. The SMILES string of the molecule is Cc1csc(=O)n1CCOC(=O)c1c2ccccc2cc2ccccc12. The van der Waals surface area contributed by atoms with Crippen molar-refractivity contribution < 1.29 is 9.53 Å². The maximum atomic E-state index is 12.9. The molecule has 0 saturated carbocycles. The third kappa shape index (κ3) is 2.91. The summed E-state index contributed by atoms with van der Waals surface area (Å²) < 4.78 is 7.16. The number of aryl methyl sites for hydroxylation is 1. The van der Waals surface area contributed by atoms with Gasteiger partial charge < -0.3 is 4.74 Å². The Balaban J connectivity index is 1.68. The van der Waals surface area contributed by atoms with Crippen LogP contribution in [0.1, 0.15) is 16.1 Å². The van der Waals surface area contributed by atoms with Gasteiger partial charge in [0.15, 0.2) is 0 Å². The van der Waals surface area contributed by atoms with Gasteiger partial charge in [0.25, 0.3) is 0 Å². The van der Waals surface area contributed by atoms with E-state index in [9.17, 15) is 9.59 Å². The Morgan fingerprint density at radius 1 is 1.04 bits per heavy atom. The van der Waals surface area contributed by atoms with Crippen molar-refractivity contribution in [2.75, 3.05) is 6.61 Å². The fourth-order valence-electron chi connectivity index (χ4n) is 3.21. The van der Waals surface area contributed by atoms with E-state index in [2.05, 4.69) is 6.07 Å². The molecule has 0 N–H and O–H groups in total. The van der Waals surface area contributed by atoms with Gasteiger partial charge in [0.05, 0.1) is 12.1 Å². The molecule has 0 unspecified atom stereocenters. The first kappa shape index (κ1) is 16.5. The molecular formula is C21H17NO3S. The van der Waals surface area contributed by atoms with Crippen molar-refractivity contribution in [3.05, 3.63) is 80.9 Å². The van der Waals surface area contributed by atoms with E-state index in [1.165, 1.54) is 0 Å². The van der Waals surface area contributed by atoms with Crippen LogP contribution in [0.5, 0.6) is 0 Å². The van der Waals surface area contributed by atoms with Crippen LogP contribution in [0.15, 0.2) is 64.8 Å². The summed E-state index contributed by atoms with van der Waals surface area (Å²) in [5.41, 5.74) is 1.46. The molecule has 0 spiro atoms. The van der Waals surface area contributed by atoms with Gasteiger partial charge in [0.2, 0.25) is 0 Å². The normalized spacial score (nSPS) is 11.1. The van der Waals surface area contributed by atoms with Crippen LogP contribution in [0.3, 0.4) is 0 Å². The van der Waals surface area contributed by atoms with Gasteiger partial charge in [-0.2, -0.15) is 0 Å². The fraction of sp³-hybridized carbons (Fsp3) is 0.143. The van der Waals surface area contributed by atoms with E-state index in [0.29, 0.717) is 12.1 Å². The number of carbonyl (C=O) groups excluding carboxylic acids is 1. The Morgan fingerprint density at radius 2 is 1.65 bits per heavy atom. The first-order valence-corrected chi connectivity index (χ1v) is 9.25. The number of fused-ring (bicyclic) bond motifs is 2. The van der Waals surface area contributed by atoms with E-state index in [4.69, 9.17) is 4.74 Å². The molecule has 1 aromatic heterocycles. The topological polar surface area (TPSA) is 48.3 Å². The fourth-order valence-corrected chi connectivity index (χ4v) is 3.97. The van der Waals surface area contributed by atoms with Crippen molar-refractivity contribution >= 4 is 38.9 Å². The second kappa shape index (κ2) is 6.77. The van der Waals surface area contributed by atoms with Crippen LogP contribution in [-0.4, -0.2) is 17.1 Å². The molecule has 0 aliphatic heterocycles. The second-order valence-corrected chi connectivity index (χ2v) is 6.95. The van der Waals surface area contributed by atoms with Crippen LogP contribution >= 0.6 is 11.3 Å². The van der Waals surface area contributed by atoms with Gasteiger partial charge in [-0.1, -0.05) is 59.9 Å². The zero-order valence-corrected chi connectivity index (χ0v) is 15.1. The summed E-state index contributed by atoms with van der Waals surface area (Å²) >= 11 is 1.16. The van der Waals surface area contributed by atoms with E-state index < -0.39 is 0 Å². The lowest BCUT2D eigenvalue weighted by Crippen LogP contribution is -2.19. The molecule has 0 radical (unpaired) electrons. The smallest absolute Gasteiger partial charge is 0.339 e. The van der Waals surface area contributed by atoms with E-state index >= 15 is 0 Å². The van der Waals surface area contributed by atoms with E-state index in [-0.39, 0.29) is 17.4 Å². The quantitative estimate of drug-likeness (QED) is 0.399. The minimum atomic E-state index is -0.362. The number of thiazole rings is 1. The Hall–Kier alpha value is -2.92. The van der Waals surface area contributed by atoms with Crippen LogP contribution in [-0.2, 0) is 11.3 Å². The molecule has 1 heterocycles. The predicted octanol–water partition coefficient (Wildman–Crippen LogP) is 4.38. The average Bonchev–Trinajstić information content (AvgIpc) is 2.98. The van der Waals surface area contributed by atoms with Gasteiger partial charge in [-0.25, -0.2) is 4.79 Å². The van der Waals surface area contributed by atoms with Crippen molar-refractivity contribution in [2.24, 2.45) is 0 Å². The van der Waals surface area contributed by atoms with Gasteiger partial charge >= 0.3 is 10.8 Å². The molecule has 0 aliphatic carbocycles. The number of esters is 1. The summed E-state index contributed by atoms with van der Waals surface area (Å²) in [6.45, 7) is 2.40. The Morgan fingerprint density at radius 3 is 2.23 bits per heavy atom. The van der Waals surface area contributed by atoms with Crippen LogP contribution in [0, 0.1) is 6.92 Å². The number of carbonyl (C=O) groups is 1. The van der Waals surface area contributed by atoms with Gasteiger partial charge in [-0.15, -0.1) is 0 Å². The zero-order valence-electron chi connectivity index (χ0n) is 14.3. The second-order valence-electron chi connectivity index (χ2n) is 6.12. The third-order valence-electron chi connectivity index (χ3n) is 4.50. The number of aromatic nitrogens is 1. The minimum absolute atomic E-state index is 0.0332. The van der Waals surface area contributed by atoms with Crippen molar-refractivity contribution in [1.82, 2.24) is 4.57 Å². The number of ether oxygens (including phenoxy) is 1. The molecule has 0 aliphatic rings. The number of hydrogen-bond donors (Lipinski definition) is 0. The lowest BCUT2D eigenvalue weighted by atomic mass is 9.97. The molecule has 3 aromatic carbocycles. The average molecular weight is 363 g/mol. The summed E-state index contributed by atoms with van der Waals surface area (Å²) in [5.74, 6) is -0.362. The zero-order chi connectivity index (χ0) is 18.1. The first-order chi connectivity index (χ1) is 12.6. The van der Waals surface area contributed by atoms with E-state index in [1.54, 1.807) is 4.57 Å². The number of nitrogens with zero attached hydrogens (tertiary/aromatic N) is 1.